The Hall–Kier alpha value is -1.16. The summed E-state index contributed by atoms with van der Waals surface area (Å²) in [7, 11) is 2.13. The molecule has 0 spiro atoms. The number of nitrogens with two attached hydrogens (primary N) is 1. The van der Waals surface area contributed by atoms with Crippen LogP contribution in [0, 0.1) is 17.8 Å². The van der Waals surface area contributed by atoms with Crippen molar-refractivity contribution in [2.75, 3.05) is 18.5 Å². The first-order chi connectivity index (χ1) is 9.15. The van der Waals surface area contributed by atoms with Gasteiger partial charge in [0.05, 0.1) is 11.9 Å². The van der Waals surface area contributed by atoms with E-state index in [-0.39, 0.29) is 0 Å². The van der Waals surface area contributed by atoms with E-state index in [1.165, 1.54) is 25.7 Å². The maximum absolute atomic E-state index is 5.80. The monoisotopic (exact) mass is 275 g/mol. The van der Waals surface area contributed by atoms with E-state index in [9.17, 15) is 0 Å². The molecule has 1 aromatic heterocycles. The highest BCUT2D eigenvalue weighted by atomic mass is 32.1. The van der Waals surface area contributed by atoms with Gasteiger partial charge in [0.25, 0.3) is 0 Å². The minimum absolute atomic E-state index is 0.456. The Morgan fingerprint density at radius 2 is 2.32 bits per heavy atom. The van der Waals surface area contributed by atoms with E-state index in [1.54, 1.807) is 6.20 Å². The number of thiocarbonyl (C=S) groups is 1. The van der Waals surface area contributed by atoms with E-state index in [2.05, 4.69) is 16.9 Å². The van der Waals surface area contributed by atoms with Crippen LogP contribution in [-0.2, 0) is 0 Å². The third kappa shape index (κ3) is 2.46. The Morgan fingerprint density at radius 3 is 2.95 bits per heavy atom. The van der Waals surface area contributed by atoms with Crippen LogP contribution in [0.5, 0.6) is 0 Å². The summed E-state index contributed by atoms with van der Waals surface area (Å²) in [5, 5.41) is 0. The van der Waals surface area contributed by atoms with Gasteiger partial charge in [-0.25, -0.2) is 0 Å². The van der Waals surface area contributed by atoms with E-state index >= 15 is 0 Å². The first-order valence-electron chi connectivity index (χ1n) is 7.10. The van der Waals surface area contributed by atoms with Crippen LogP contribution in [0.15, 0.2) is 18.5 Å². The highest BCUT2D eigenvalue weighted by Crippen LogP contribution is 2.48. The number of rotatable bonds is 4. The Kier molecular flexibility index (Phi) is 3.44. The smallest absolute Gasteiger partial charge is 0.106 e. The lowest BCUT2D eigenvalue weighted by atomic mass is 9.88. The fourth-order valence-corrected chi connectivity index (χ4v) is 4.12. The van der Waals surface area contributed by atoms with Crippen molar-refractivity contribution in [3.8, 4) is 0 Å². The molecule has 3 atom stereocenters. The van der Waals surface area contributed by atoms with Gasteiger partial charge in [0, 0.05) is 25.4 Å². The van der Waals surface area contributed by atoms with Crippen LogP contribution in [0.4, 0.5) is 5.69 Å². The normalized spacial score (nSPS) is 28.6. The summed E-state index contributed by atoms with van der Waals surface area (Å²) in [6.07, 6.45) is 9.37. The standard InChI is InChI=1S/C15H21N3S/c1-18(9-12-7-10-2-3-11(12)6-10)14-8-17-5-4-13(14)15(16)19/h4-5,8,10-12H,2-3,6-7,9H2,1H3,(H2,16,19). The Bertz CT molecular complexity index is 488. The molecule has 0 aliphatic heterocycles. The molecule has 0 radical (unpaired) electrons. The molecule has 0 amide bonds. The molecule has 1 heterocycles. The molecule has 0 aromatic carbocycles. The average Bonchev–Trinajstić information content (AvgIpc) is 3.01. The fourth-order valence-electron chi connectivity index (χ4n) is 3.95. The van der Waals surface area contributed by atoms with Crippen LogP contribution in [0.1, 0.15) is 31.2 Å². The SMILES string of the molecule is CN(CC1CC2CCC1C2)c1cnccc1C(N)=S. The molecule has 2 aliphatic carbocycles. The van der Waals surface area contributed by atoms with Gasteiger partial charge in [0.15, 0.2) is 0 Å². The molecule has 2 aliphatic rings. The first kappa shape index (κ1) is 12.9. The van der Waals surface area contributed by atoms with Crippen molar-refractivity contribution in [3.05, 3.63) is 24.0 Å². The number of nitrogens with zero attached hydrogens (tertiary/aromatic N) is 2. The summed E-state index contributed by atoms with van der Waals surface area (Å²) < 4.78 is 0. The Labute approximate surface area is 120 Å². The number of anilines is 1. The number of hydrogen-bond donors (Lipinski definition) is 1. The van der Waals surface area contributed by atoms with Crippen LogP contribution in [0.3, 0.4) is 0 Å². The molecule has 2 saturated carbocycles. The topological polar surface area (TPSA) is 42.2 Å². The lowest BCUT2D eigenvalue weighted by Gasteiger charge is -2.29. The van der Waals surface area contributed by atoms with Crippen LogP contribution >= 0.6 is 12.2 Å². The van der Waals surface area contributed by atoms with Gasteiger partial charge in [-0.2, -0.15) is 0 Å². The van der Waals surface area contributed by atoms with Crippen LogP contribution < -0.4 is 10.6 Å². The molecule has 3 unspecified atom stereocenters. The van der Waals surface area contributed by atoms with Gasteiger partial charge in [-0.3, -0.25) is 4.98 Å². The highest BCUT2D eigenvalue weighted by molar-refractivity contribution is 7.80. The van der Waals surface area contributed by atoms with Crippen molar-refractivity contribution in [1.29, 1.82) is 0 Å². The largest absolute Gasteiger partial charge is 0.389 e. The number of aromatic nitrogens is 1. The summed E-state index contributed by atoms with van der Waals surface area (Å²) in [6.45, 7) is 1.10. The first-order valence-corrected chi connectivity index (χ1v) is 7.51. The third-order valence-electron chi connectivity index (χ3n) is 4.87. The molecular weight excluding hydrogens is 254 g/mol. The second-order valence-electron chi connectivity index (χ2n) is 6.07. The minimum atomic E-state index is 0.456. The van der Waals surface area contributed by atoms with Gasteiger partial charge < -0.3 is 10.6 Å². The van der Waals surface area contributed by atoms with E-state index < -0.39 is 0 Å². The molecule has 102 valence electrons. The molecular formula is C15H21N3S. The Balaban J connectivity index is 1.74. The molecule has 0 saturated heterocycles. The summed E-state index contributed by atoms with van der Waals surface area (Å²) >= 11 is 5.13. The zero-order chi connectivity index (χ0) is 13.4. The summed E-state index contributed by atoms with van der Waals surface area (Å²) in [5.74, 6) is 2.77. The molecule has 19 heavy (non-hydrogen) atoms. The van der Waals surface area contributed by atoms with E-state index in [1.807, 2.05) is 12.3 Å². The van der Waals surface area contributed by atoms with Gasteiger partial charge in [-0.05, 0) is 43.1 Å². The summed E-state index contributed by atoms with van der Waals surface area (Å²) in [4.78, 5) is 6.95. The summed E-state index contributed by atoms with van der Waals surface area (Å²) in [5.41, 5.74) is 7.81. The Morgan fingerprint density at radius 1 is 1.47 bits per heavy atom. The molecule has 3 rings (SSSR count). The summed E-state index contributed by atoms with van der Waals surface area (Å²) in [6, 6.07) is 1.91. The van der Waals surface area contributed by atoms with Crippen molar-refractivity contribution in [2.45, 2.75) is 25.7 Å². The van der Waals surface area contributed by atoms with Gasteiger partial charge >= 0.3 is 0 Å². The number of pyridine rings is 1. The molecule has 3 nitrogen and oxygen atoms in total. The lowest BCUT2D eigenvalue weighted by molar-refractivity contribution is 0.337. The third-order valence-corrected chi connectivity index (χ3v) is 5.09. The van der Waals surface area contributed by atoms with E-state index in [0.717, 1.165) is 35.5 Å². The fraction of sp³-hybridized carbons (Fsp3) is 0.600. The molecule has 4 heteroatoms. The second kappa shape index (κ2) is 5.08. The second-order valence-corrected chi connectivity index (χ2v) is 6.51. The average molecular weight is 275 g/mol. The zero-order valence-corrected chi connectivity index (χ0v) is 12.2. The molecule has 2 N–H and O–H groups in total. The van der Waals surface area contributed by atoms with Crippen molar-refractivity contribution in [3.63, 3.8) is 0 Å². The maximum Gasteiger partial charge on any atom is 0.106 e. The highest BCUT2D eigenvalue weighted by Gasteiger charge is 2.39. The molecule has 2 bridgehead atoms. The number of hydrogen-bond acceptors (Lipinski definition) is 3. The predicted octanol–water partition coefficient (Wildman–Crippen LogP) is 2.59. The van der Waals surface area contributed by atoms with Gasteiger partial charge in [0.2, 0.25) is 0 Å². The predicted molar refractivity (Wildman–Crippen MR) is 82.3 cm³/mol. The van der Waals surface area contributed by atoms with Crippen LogP contribution in [0.25, 0.3) is 0 Å². The van der Waals surface area contributed by atoms with Crippen molar-refractivity contribution < 1.29 is 0 Å². The molecule has 1 aromatic rings. The van der Waals surface area contributed by atoms with Crippen molar-refractivity contribution in [1.82, 2.24) is 4.98 Å². The molecule has 2 fully saturated rings. The van der Waals surface area contributed by atoms with Crippen LogP contribution in [-0.4, -0.2) is 23.6 Å². The van der Waals surface area contributed by atoms with Crippen molar-refractivity contribution in [2.24, 2.45) is 23.5 Å². The number of fused-ring (bicyclic) bond motifs is 2. The minimum Gasteiger partial charge on any atom is -0.389 e. The van der Waals surface area contributed by atoms with Crippen molar-refractivity contribution >= 4 is 22.9 Å². The van der Waals surface area contributed by atoms with Gasteiger partial charge in [0.1, 0.15) is 4.99 Å². The van der Waals surface area contributed by atoms with E-state index in [0.29, 0.717) is 4.99 Å². The quantitative estimate of drug-likeness (QED) is 0.858. The lowest BCUT2D eigenvalue weighted by Crippen LogP contribution is -2.30. The van der Waals surface area contributed by atoms with E-state index in [4.69, 9.17) is 18.0 Å². The van der Waals surface area contributed by atoms with Gasteiger partial charge in [-0.15, -0.1) is 0 Å². The van der Waals surface area contributed by atoms with Crippen LogP contribution in [0.2, 0.25) is 0 Å². The zero-order valence-electron chi connectivity index (χ0n) is 11.4. The van der Waals surface area contributed by atoms with Gasteiger partial charge in [-0.1, -0.05) is 18.6 Å². The maximum atomic E-state index is 5.80.